The Bertz CT molecular complexity index is 84.3. The average molecular weight is 162 g/mol. The van der Waals surface area contributed by atoms with Crippen molar-refractivity contribution >= 4 is 12.4 Å². The molecule has 1 aliphatic heterocycles. The van der Waals surface area contributed by atoms with Crippen LogP contribution < -0.4 is 5.32 Å². The minimum atomic E-state index is 0. The van der Waals surface area contributed by atoms with Crippen LogP contribution in [0.15, 0.2) is 0 Å². The molecule has 0 aromatic heterocycles. The lowest BCUT2D eigenvalue weighted by Gasteiger charge is -2.22. The SMILES string of the molecule is C1CCC2(C1)CCCN2.Cl. The summed E-state index contributed by atoms with van der Waals surface area (Å²) in [4.78, 5) is 0. The van der Waals surface area contributed by atoms with Gasteiger partial charge in [-0.25, -0.2) is 0 Å². The fourth-order valence-electron chi connectivity index (χ4n) is 2.35. The fraction of sp³-hybridized carbons (Fsp3) is 1.00. The van der Waals surface area contributed by atoms with Crippen molar-refractivity contribution in [2.45, 2.75) is 44.1 Å². The second-order valence-electron chi connectivity index (χ2n) is 3.52. The third kappa shape index (κ3) is 1.30. The second-order valence-corrected chi connectivity index (χ2v) is 3.52. The quantitative estimate of drug-likeness (QED) is 0.574. The maximum Gasteiger partial charge on any atom is 0.0182 e. The van der Waals surface area contributed by atoms with Gasteiger partial charge in [0, 0.05) is 5.54 Å². The molecule has 2 fully saturated rings. The standard InChI is InChI=1S/C8H15N.ClH/c1-2-5-8(4-1)6-3-7-9-8;/h9H,1-7H2;1H. The van der Waals surface area contributed by atoms with Gasteiger partial charge in [-0.05, 0) is 32.2 Å². The summed E-state index contributed by atoms with van der Waals surface area (Å²) in [5.74, 6) is 0. The maximum absolute atomic E-state index is 3.63. The zero-order valence-corrected chi connectivity index (χ0v) is 7.17. The van der Waals surface area contributed by atoms with Crippen LogP contribution in [0.2, 0.25) is 0 Å². The van der Waals surface area contributed by atoms with Crippen molar-refractivity contribution in [2.75, 3.05) is 6.54 Å². The molecule has 0 aromatic rings. The van der Waals surface area contributed by atoms with E-state index in [-0.39, 0.29) is 12.4 Å². The topological polar surface area (TPSA) is 12.0 Å². The molecule has 1 saturated heterocycles. The van der Waals surface area contributed by atoms with Gasteiger partial charge in [0.15, 0.2) is 0 Å². The Morgan fingerprint density at radius 2 is 1.50 bits per heavy atom. The summed E-state index contributed by atoms with van der Waals surface area (Å²) >= 11 is 0. The average Bonchev–Trinajstić information content (AvgIpc) is 2.45. The summed E-state index contributed by atoms with van der Waals surface area (Å²) in [6, 6.07) is 0. The molecule has 60 valence electrons. The fourth-order valence-corrected chi connectivity index (χ4v) is 2.35. The largest absolute Gasteiger partial charge is 0.311 e. The van der Waals surface area contributed by atoms with Gasteiger partial charge >= 0.3 is 0 Å². The van der Waals surface area contributed by atoms with E-state index in [0.717, 1.165) is 0 Å². The molecule has 1 N–H and O–H groups in total. The highest BCUT2D eigenvalue weighted by Crippen LogP contribution is 2.36. The van der Waals surface area contributed by atoms with E-state index in [9.17, 15) is 0 Å². The summed E-state index contributed by atoms with van der Waals surface area (Å²) in [5.41, 5.74) is 0.639. The molecule has 2 aliphatic rings. The van der Waals surface area contributed by atoms with Crippen molar-refractivity contribution in [1.29, 1.82) is 0 Å². The summed E-state index contributed by atoms with van der Waals surface area (Å²) in [6.45, 7) is 1.28. The first-order valence-corrected chi connectivity index (χ1v) is 4.16. The van der Waals surface area contributed by atoms with Crippen molar-refractivity contribution in [2.24, 2.45) is 0 Å². The van der Waals surface area contributed by atoms with E-state index in [2.05, 4.69) is 5.32 Å². The molecule has 0 atom stereocenters. The molecular formula is C8H16ClN. The van der Waals surface area contributed by atoms with E-state index in [1.165, 1.54) is 45.1 Å². The van der Waals surface area contributed by atoms with Gasteiger partial charge in [-0.1, -0.05) is 12.8 Å². The minimum Gasteiger partial charge on any atom is -0.311 e. The predicted molar refractivity (Wildman–Crippen MR) is 45.7 cm³/mol. The third-order valence-corrected chi connectivity index (χ3v) is 2.89. The van der Waals surface area contributed by atoms with Crippen LogP contribution in [0.3, 0.4) is 0 Å². The van der Waals surface area contributed by atoms with Crippen LogP contribution in [0.25, 0.3) is 0 Å². The smallest absolute Gasteiger partial charge is 0.0182 e. The van der Waals surface area contributed by atoms with E-state index in [1.54, 1.807) is 0 Å². The lowest BCUT2D eigenvalue weighted by atomic mass is 9.96. The van der Waals surface area contributed by atoms with Crippen molar-refractivity contribution in [3.8, 4) is 0 Å². The predicted octanol–water partition coefficient (Wildman–Crippen LogP) is 2.10. The molecule has 0 unspecified atom stereocenters. The van der Waals surface area contributed by atoms with Crippen molar-refractivity contribution in [3.63, 3.8) is 0 Å². The summed E-state index contributed by atoms with van der Waals surface area (Å²) in [5, 5.41) is 3.63. The first-order valence-electron chi connectivity index (χ1n) is 4.16. The first kappa shape index (κ1) is 8.35. The van der Waals surface area contributed by atoms with Gasteiger partial charge in [0.1, 0.15) is 0 Å². The summed E-state index contributed by atoms with van der Waals surface area (Å²) in [7, 11) is 0. The molecule has 0 bridgehead atoms. The van der Waals surface area contributed by atoms with Gasteiger partial charge in [0.05, 0.1) is 0 Å². The molecule has 0 amide bonds. The monoisotopic (exact) mass is 161 g/mol. The Labute approximate surface area is 69.0 Å². The Morgan fingerprint density at radius 1 is 0.900 bits per heavy atom. The molecule has 0 aromatic carbocycles. The van der Waals surface area contributed by atoms with Gasteiger partial charge in [0.25, 0.3) is 0 Å². The van der Waals surface area contributed by atoms with E-state index < -0.39 is 0 Å². The molecule has 1 spiro atoms. The molecule has 10 heavy (non-hydrogen) atoms. The van der Waals surface area contributed by atoms with Crippen LogP contribution in [0.1, 0.15) is 38.5 Å². The van der Waals surface area contributed by atoms with E-state index in [1.807, 2.05) is 0 Å². The molecule has 1 aliphatic carbocycles. The molecule has 1 heterocycles. The zero-order valence-electron chi connectivity index (χ0n) is 6.36. The van der Waals surface area contributed by atoms with E-state index in [0.29, 0.717) is 5.54 Å². The van der Waals surface area contributed by atoms with Crippen LogP contribution in [0, 0.1) is 0 Å². The maximum atomic E-state index is 3.63. The van der Waals surface area contributed by atoms with Crippen LogP contribution in [0.5, 0.6) is 0 Å². The van der Waals surface area contributed by atoms with Gasteiger partial charge in [-0.2, -0.15) is 0 Å². The van der Waals surface area contributed by atoms with Gasteiger partial charge in [-0.15, -0.1) is 12.4 Å². The van der Waals surface area contributed by atoms with Gasteiger partial charge < -0.3 is 5.32 Å². The van der Waals surface area contributed by atoms with Crippen molar-refractivity contribution < 1.29 is 0 Å². The molecule has 2 heteroatoms. The third-order valence-electron chi connectivity index (χ3n) is 2.89. The minimum absolute atomic E-state index is 0. The molecule has 0 radical (unpaired) electrons. The Kier molecular flexibility index (Phi) is 2.59. The highest BCUT2D eigenvalue weighted by Gasteiger charge is 2.35. The van der Waals surface area contributed by atoms with E-state index in [4.69, 9.17) is 0 Å². The van der Waals surface area contributed by atoms with Gasteiger partial charge in [-0.3, -0.25) is 0 Å². The van der Waals surface area contributed by atoms with Crippen LogP contribution >= 0.6 is 12.4 Å². The number of rotatable bonds is 0. The van der Waals surface area contributed by atoms with Gasteiger partial charge in [0.2, 0.25) is 0 Å². The highest BCUT2D eigenvalue weighted by atomic mass is 35.5. The lowest BCUT2D eigenvalue weighted by molar-refractivity contribution is 0.388. The second kappa shape index (κ2) is 3.10. The molecule has 1 nitrogen and oxygen atoms in total. The first-order chi connectivity index (χ1) is 4.41. The highest BCUT2D eigenvalue weighted by molar-refractivity contribution is 5.85. The molecule has 2 rings (SSSR count). The molecular weight excluding hydrogens is 146 g/mol. The summed E-state index contributed by atoms with van der Waals surface area (Å²) in [6.07, 6.45) is 8.70. The van der Waals surface area contributed by atoms with Crippen LogP contribution in [0.4, 0.5) is 0 Å². The van der Waals surface area contributed by atoms with Crippen molar-refractivity contribution in [3.05, 3.63) is 0 Å². The van der Waals surface area contributed by atoms with E-state index >= 15 is 0 Å². The Hall–Kier alpha value is 0.250. The number of hydrogen-bond donors (Lipinski definition) is 1. The zero-order chi connectivity index (χ0) is 6.16. The molecule has 1 saturated carbocycles. The van der Waals surface area contributed by atoms with Crippen molar-refractivity contribution in [1.82, 2.24) is 5.32 Å². The summed E-state index contributed by atoms with van der Waals surface area (Å²) < 4.78 is 0. The number of nitrogens with one attached hydrogen (secondary N) is 1. The number of hydrogen-bond acceptors (Lipinski definition) is 1. The normalized spacial score (nSPS) is 28.8. The Balaban J connectivity index is 0.000000500. The van der Waals surface area contributed by atoms with Crippen LogP contribution in [-0.4, -0.2) is 12.1 Å². The lowest BCUT2D eigenvalue weighted by Crippen LogP contribution is -2.35. The number of halogens is 1. The Morgan fingerprint density at radius 3 is 2.00 bits per heavy atom. The van der Waals surface area contributed by atoms with Crippen LogP contribution in [-0.2, 0) is 0 Å².